The van der Waals surface area contributed by atoms with Gasteiger partial charge in [0.05, 0.1) is 10.2 Å². The van der Waals surface area contributed by atoms with E-state index in [2.05, 4.69) is 60.8 Å². The van der Waals surface area contributed by atoms with Crippen molar-refractivity contribution >= 4 is 21.7 Å². The van der Waals surface area contributed by atoms with Crippen molar-refractivity contribution in [3.8, 4) is 0 Å². The molecule has 0 fully saturated rings. The molecule has 0 saturated carbocycles. The normalized spacial score (nSPS) is 13.7. The summed E-state index contributed by atoms with van der Waals surface area (Å²) in [6.07, 6.45) is -0.0960. The Labute approximate surface area is 124 Å². The Morgan fingerprint density at radius 2 is 1.79 bits per heavy atom. The van der Waals surface area contributed by atoms with Gasteiger partial charge in [0.25, 0.3) is 0 Å². The van der Waals surface area contributed by atoms with Crippen molar-refractivity contribution in [2.24, 2.45) is 5.92 Å². The van der Waals surface area contributed by atoms with Crippen molar-refractivity contribution < 1.29 is 4.74 Å². The van der Waals surface area contributed by atoms with Crippen LogP contribution in [-0.2, 0) is 10.2 Å². The minimum Gasteiger partial charge on any atom is -0.373 e. The summed E-state index contributed by atoms with van der Waals surface area (Å²) in [4.78, 5) is 9.28. The van der Waals surface area contributed by atoms with E-state index in [1.54, 1.807) is 7.11 Å². The van der Waals surface area contributed by atoms with Gasteiger partial charge >= 0.3 is 0 Å². The molecule has 0 aliphatic carbocycles. The number of ether oxygens (including phenoxy) is 1. The van der Waals surface area contributed by atoms with Crippen molar-refractivity contribution in [2.75, 3.05) is 19.5 Å². The highest BCUT2D eigenvalue weighted by atomic mass is 79.9. The van der Waals surface area contributed by atoms with E-state index in [1.165, 1.54) is 0 Å². The maximum atomic E-state index is 5.54. The third kappa shape index (κ3) is 3.66. The first-order valence-electron chi connectivity index (χ1n) is 6.50. The largest absolute Gasteiger partial charge is 0.373 e. The molecule has 1 aromatic rings. The average molecular weight is 330 g/mol. The number of halogens is 1. The van der Waals surface area contributed by atoms with E-state index < -0.39 is 0 Å². The fraction of sp³-hybridized carbons (Fsp3) is 0.714. The molecule has 1 atom stereocenters. The molecule has 1 aromatic heterocycles. The van der Waals surface area contributed by atoms with E-state index in [-0.39, 0.29) is 11.5 Å². The van der Waals surface area contributed by atoms with E-state index in [0.717, 1.165) is 21.8 Å². The lowest BCUT2D eigenvalue weighted by Gasteiger charge is -2.25. The van der Waals surface area contributed by atoms with Gasteiger partial charge in [-0.1, -0.05) is 34.6 Å². The molecule has 0 aliphatic rings. The second kappa shape index (κ2) is 6.18. The van der Waals surface area contributed by atoms with Gasteiger partial charge in [-0.15, -0.1) is 0 Å². The monoisotopic (exact) mass is 329 g/mol. The Hall–Kier alpha value is -0.680. The molecule has 0 spiro atoms. The van der Waals surface area contributed by atoms with Crippen LogP contribution in [0.4, 0.5) is 5.82 Å². The molecule has 1 heterocycles. The predicted molar refractivity (Wildman–Crippen MR) is 82.6 cm³/mol. The Bertz CT molecular complexity index is 441. The molecular weight excluding hydrogens is 306 g/mol. The van der Waals surface area contributed by atoms with Crippen LogP contribution in [0.5, 0.6) is 0 Å². The smallest absolute Gasteiger partial charge is 0.160 e. The summed E-state index contributed by atoms with van der Waals surface area (Å²) in [6.45, 7) is 10.6. The van der Waals surface area contributed by atoms with E-state index in [0.29, 0.717) is 5.92 Å². The van der Waals surface area contributed by atoms with Crippen LogP contribution < -0.4 is 5.32 Å². The van der Waals surface area contributed by atoms with Gasteiger partial charge in [-0.2, -0.15) is 0 Å². The van der Waals surface area contributed by atoms with Crippen molar-refractivity contribution in [3.63, 3.8) is 0 Å². The van der Waals surface area contributed by atoms with Crippen LogP contribution >= 0.6 is 15.9 Å². The molecule has 108 valence electrons. The fourth-order valence-electron chi connectivity index (χ4n) is 1.93. The highest BCUT2D eigenvalue weighted by Crippen LogP contribution is 2.34. The fourth-order valence-corrected chi connectivity index (χ4v) is 2.90. The standard InChI is InChI=1S/C14H24BrN3O/c1-8(2)10(19-7)13-17-11(14(3,4)5)9(15)12(16-6)18-13/h8,10H,1-7H3,(H,16,17,18). The van der Waals surface area contributed by atoms with E-state index in [4.69, 9.17) is 9.72 Å². The van der Waals surface area contributed by atoms with E-state index in [1.807, 2.05) is 7.05 Å². The molecule has 0 radical (unpaired) electrons. The molecule has 1 rings (SSSR count). The predicted octanol–water partition coefficient (Wildman–Crippen LogP) is 3.92. The molecule has 0 aromatic carbocycles. The van der Waals surface area contributed by atoms with Crippen molar-refractivity contribution in [2.45, 2.75) is 46.1 Å². The summed E-state index contributed by atoms with van der Waals surface area (Å²) in [5.74, 6) is 1.86. The quantitative estimate of drug-likeness (QED) is 0.909. The highest BCUT2D eigenvalue weighted by Gasteiger charge is 2.26. The number of anilines is 1. The Morgan fingerprint density at radius 1 is 1.21 bits per heavy atom. The average Bonchev–Trinajstić information content (AvgIpc) is 2.29. The zero-order valence-electron chi connectivity index (χ0n) is 12.8. The highest BCUT2D eigenvalue weighted by molar-refractivity contribution is 9.10. The molecule has 0 saturated heterocycles. The summed E-state index contributed by atoms with van der Waals surface area (Å²) in [7, 11) is 3.56. The van der Waals surface area contributed by atoms with Gasteiger partial charge in [0.2, 0.25) is 0 Å². The molecule has 1 unspecified atom stereocenters. The van der Waals surface area contributed by atoms with Gasteiger partial charge in [0, 0.05) is 19.6 Å². The number of aromatic nitrogens is 2. The number of methoxy groups -OCH3 is 1. The maximum Gasteiger partial charge on any atom is 0.160 e. The van der Waals surface area contributed by atoms with Crippen LogP contribution in [0.2, 0.25) is 0 Å². The van der Waals surface area contributed by atoms with E-state index in [9.17, 15) is 0 Å². The Morgan fingerprint density at radius 3 is 2.16 bits per heavy atom. The number of rotatable bonds is 4. The van der Waals surface area contributed by atoms with Crippen LogP contribution in [0.3, 0.4) is 0 Å². The van der Waals surface area contributed by atoms with Gasteiger partial charge in [0.15, 0.2) is 5.82 Å². The Kier molecular flexibility index (Phi) is 5.33. The molecule has 0 amide bonds. The number of hydrogen-bond donors (Lipinski definition) is 1. The number of nitrogens with zero attached hydrogens (tertiary/aromatic N) is 2. The van der Waals surface area contributed by atoms with Crippen LogP contribution in [0.25, 0.3) is 0 Å². The summed E-state index contributed by atoms with van der Waals surface area (Å²) >= 11 is 3.59. The van der Waals surface area contributed by atoms with Gasteiger partial charge in [-0.25, -0.2) is 9.97 Å². The van der Waals surface area contributed by atoms with Crippen LogP contribution in [0, 0.1) is 5.92 Å². The van der Waals surface area contributed by atoms with E-state index >= 15 is 0 Å². The summed E-state index contributed by atoms with van der Waals surface area (Å²) in [6, 6.07) is 0. The van der Waals surface area contributed by atoms with Crippen molar-refractivity contribution in [3.05, 3.63) is 16.0 Å². The number of nitrogens with one attached hydrogen (secondary N) is 1. The summed E-state index contributed by atoms with van der Waals surface area (Å²) in [5, 5.41) is 3.11. The summed E-state index contributed by atoms with van der Waals surface area (Å²) in [5.41, 5.74) is 0.932. The lowest BCUT2D eigenvalue weighted by atomic mass is 9.91. The van der Waals surface area contributed by atoms with Gasteiger partial charge in [0.1, 0.15) is 11.9 Å². The first kappa shape index (κ1) is 16.4. The Balaban J connectivity index is 3.43. The lowest BCUT2D eigenvalue weighted by Crippen LogP contribution is -2.21. The van der Waals surface area contributed by atoms with Crippen LogP contribution in [0.1, 0.15) is 52.2 Å². The zero-order chi connectivity index (χ0) is 14.8. The molecule has 19 heavy (non-hydrogen) atoms. The molecule has 4 nitrogen and oxygen atoms in total. The van der Waals surface area contributed by atoms with Gasteiger partial charge < -0.3 is 10.1 Å². The molecule has 0 aliphatic heterocycles. The van der Waals surface area contributed by atoms with Gasteiger partial charge in [-0.05, 0) is 21.8 Å². The van der Waals surface area contributed by atoms with Crippen LogP contribution in [-0.4, -0.2) is 24.1 Å². The first-order valence-corrected chi connectivity index (χ1v) is 7.30. The lowest BCUT2D eigenvalue weighted by molar-refractivity contribution is 0.0572. The van der Waals surface area contributed by atoms with Crippen molar-refractivity contribution in [1.82, 2.24) is 9.97 Å². The minimum atomic E-state index is -0.0960. The zero-order valence-corrected chi connectivity index (χ0v) is 14.4. The third-order valence-corrected chi connectivity index (χ3v) is 3.68. The maximum absolute atomic E-state index is 5.54. The number of hydrogen-bond acceptors (Lipinski definition) is 4. The third-order valence-electron chi connectivity index (χ3n) is 2.93. The first-order chi connectivity index (χ1) is 8.72. The SMILES string of the molecule is CNc1nc(C(OC)C(C)C)nc(C(C)(C)C)c1Br. The van der Waals surface area contributed by atoms with Crippen LogP contribution in [0.15, 0.2) is 4.47 Å². The second-order valence-electron chi connectivity index (χ2n) is 5.99. The van der Waals surface area contributed by atoms with Crippen molar-refractivity contribution in [1.29, 1.82) is 0 Å². The van der Waals surface area contributed by atoms with Gasteiger partial charge in [-0.3, -0.25) is 0 Å². The molecule has 1 N–H and O–H groups in total. The topological polar surface area (TPSA) is 47.0 Å². The molecular formula is C14H24BrN3O. The minimum absolute atomic E-state index is 0.0581. The molecule has 5 heteroatoms. The second-order valence-corrected chi connectivity index (χ2v) is 6.79. The molecule has 0 bridgehead atoms. The summed E-state index contributed by atoms with van der Waals surface area (Å²) < 4.78 is 6.46.